The first kappa shape index (κ1) is 16.7. The highest BCUT2D eigenvalue weighted by atomic mass is 35.5. The molecule has 3 nitrogen and oxygen atoms in total. The van der Waals surface area contributed by atoms with Crippen molar-refractivity contribution < 1.29 is 4.39 Å². The summed E-state index contributed by atoms with van der Waals surface area (Å²) in [6, 6.07) is 5.88. The van der Waals surface area contributed by atoms with Crippen LogP contribution in [-0.4, -0.2) is 55.1 Å². The molecule has 0 amide bonds. The van der Waals surface area contributed by atoms with Crippen LogP contribution >= 0.6 is 12.4 Å². The van der Waals surface area contributed by atoms with Crippen LogP contribution in [0.2, 0.25) is 0 Å². The molecule has 0 radical (unpaired) electrons. The lowest BCUT2D eigenvalue weighted by atomic mass is 10.1. The SMILES string of the molecule is Cc1cc(F)ccc1CN1CCN(C2CCNC2)CC1.Cl. The number of aryl methyl sites for hydroxylation is 1. The first-order valence-electron chi connectivity index (χ1n) is 7.64. The smallest absolute Gasteiger partial charge is 0.123 e. The summed E-state index contributed by atoms with van der Waals surface area (Å²) in [5.41, 5.74) is 2.31. The quantitative estimate of drug-likeness (QED) is 0.921. The number of halogens is 2. The fraction of sp³-hybridized carbons (Fsp3) is 0.625. The van der Waals surface area contributed by atoms with Gasteiger partial charge in [-0.1, -0.05) is 6.07 Å². The molecule has 1 unspecified atom stereocenters. The van der Waals surface area contributed by atoms with E-state index in [9.17, 15) is 4.39 Å². The van der Waals surface area contributed by atoms with Crippen LogP contribution in [0.25, 0.3) is 0 Å². The van der Waals surface area contributed by atoms with Crippen molar-refractivity contribution in [1.82, 2.24) is 15.1 Å². The molecule has 2 aliphatic rings. The van der Waals surface area contributed by atoms with Gasteiger partial charge >= 0.3 is 0 Å². The van der Waals surface area contributed by atoms with Crippen molar-refractivity contribution in [2.75, 3.05) is 39.3 Å². The summed E-state index contributed by atoms with van der Waals surface area (Å²) in [6.07, 6.45) is 1.29. The number of nitrogens with zero attached hydrogens (tertiary/aromatic N) is 2. The summed E-state index contributed by atoms with van der Waals surface area (Å²) in [7, 11) is 0. The van der Waals surface area contributed by atoms with Crippen LogP contribution in [0.1, 0.15) is 17.5 Å². The van der Waals surface area contributed by atoms with Crippen molar-refractivity contribution >= 4 is 12.4 Å². The van der Waals surface area contributed by atoms with Gasteiger partial charge < -0.3 is 5.32 Å². The molecule has 2 saturated heterocycles. The molecule has 2 heterocycles. The fourth-order valence-electron chi connectivity index (χ4n) is 3.32. The lowest BCUT2D eigenvalue weighted by Gasteiger charge is -2.38. The molecule has 0 saturated carbocycles. The van der Waals surface area contributed by atoms with E-state index in [1.807, 2.05) is 13.0 Å². The van der Waals surface area contributed by atoms with E-state index >= 15 is 0 Å². The normalized spacial score (nSPS) is 24.0. The molecule has 1 N–H and O–H groups in total. The second-order valence-corrected chi connectivity index (χ2v) is 6.03. The lowest BCUT2D eigenvalue weighted by Crippen LogP contribution is -2.50. The Labute approximate surface area is 132 Å². The topological polar surface area (TPSA) is 18.5 Å². The third-order valence-corrected chi connectivity index (χ3v) is 4.66. The molecule has 3 rings (SSSR count). The lowest BCUT2D eigenvalue weighted by molar-refractivity contribution is 0.0980. The zero-order valence-corrected chi connectivity index (χ0v) is 13.5. The summed E-state index contributed by atoms with van der Waals surface area (Å²) >= 11 is 0. The predicted octanol–water partition coefficient (Wildman–Crippen LogP) is 2.04. The zero-order chi connectivity index (χ0) is 13.9. The Morgan fingerprint density at radius 1 is 1.24 bits per heavy atom. The summed E-state index contributed by atoms with van der Waals surface area (Å²) in [6.45, 7) is 9.82. The minimum absolute atomic E-state index is 0. The molecule has 2 fully saturated rings. The molecule has 1 atom stereocenters. The minimum atomic E-state index is -0.134. The third kappa shape index (κ3) is 4.16. The Bertz CT molecular complexity index is 455. The van der Waals surface area contributed by atoms with E-state index in [0.29, 0.717) is 0 Å². The molecule has 1 aromatic rings. The second-order valence-electron chi connectivity index (χ2n) is 6.03. The number of benzene rings is 1. The van der Waals surface area contributed by atoms with E-state index in [1.165, 1.54) is 18.5 Å². The Morgan fingerprint density at radius 3 is 2.62 bits per heavy atom. The fourth-order valence-corrected chi connectivity index (χ4v) is 3.32. The van der Waals surface area contributed by atoms with Crippen LogP contribution < -0.4 is 5.32 Å². The Kier molecular flexibility index (Phi) is 5.99. The Balaban J connectivity index is 0.00000161. The van der Waals surface area contributed by atoms with Crippen LogP contribution in [0, 0.1) is 12.7 Å². The van der Waals surface area contributed by atoms with Crippen LogP contribution in [-0.2, 0) is 6.54 Å². The van der Waals surface area contributed by atoms with Gasteiger partial charge in [-0.05, 0) is 43.1 Å². The molecule has 1 aromatic carbocycles. The van der Waals surface area contributed by atoms with Crippen molar-refractivity contribution in [2.24, 2.45) is 0 Å². The van der Waals surface area contributed by atoms with Gasteiger partial charge in [0.05, 0.1) is 0 Å². The van der Waals surface area contributed by atoms with Crippen molar-refractivity contribution in [3.05, 3.63) is 35.1 Å². The molecule has 5 heteroatoms. The largest absolute Gasteiger partial charge is 0.315 e. The number of rotatable bonds is 3. The number of piperazine rings is 1. The van der Waals surface area contributed by atoms with Gasteiger partial charge in [0.15, 0.2) is 0 Å². The van der Waals surface area contributed by atoms with Gasteiger partial charge in [0.2, 0.25) is 0 Å². The molecule has 2 aliphatic heterocycles. The summed E-state index contributed by atoms with van der Waals surface area (Å²) in [5, 5.41) is 3.44. The average Bonchev–Trinajstić information content (AvgIpc) is 2.97. The van der Waals surface area contributed by atoms with E-state index in [-0.39, 0.29) is 18.2 Å². The summed E-state index contributed by atoms with van der Waals surface area (Å²) in [5.74, 6) is -0.134. The molecule has 0 aliphatic carbocycles. The van der Waals surface area contributed by atoms with Crippen molar-refractivity contribution in [1.29, 1.82) is 0 Å². The first-order chi connectivity index (χ1) is 9.72. The van der Waals surface area contributed by atoms with Gasteiger partial charge in [-0.3, -0.25) is 9.80 Å². The molecular weight excluding hydrogens is 289 g/mol. The van der Waals surface area contributed by atoms with Crippen LogP contribution in [0.4, 0.5) is 4.39 Å². The Hall–Kier alpha value is -0.680. The van der Waals surface area contributed by atoms with Crippen molar-refractivity contribution in [3.63, 3.8) is 0 Å². The highest BCUT2D eigenvalue weighted by Crippen LogP contribution is 2.16. The summed E-state index contributed by atoms with van der Waals surface area (Å²) in [4.78, 5) is 5.10. The molecule has 0 aromatic heterocycles. The van der Waals surface area contributed by atoms with E-state index in [2.05, 4.69) is 15.1 Å². The molecule has 0 spiro atoms. The van der Waals surface area contributed by atoms with Gasteiger partial charge in [-0.25, -0.2) is 4.39 Å². The molecular formula is C16H25ClFN3. The van der Waals surface area contributed by atoms with Gasteiger partial charge in [0, 0.05) is 45.3 Å². The van der Waals surface area contributed by atoms with Crippen LogP contribution in [0.3, 0.4) is 0 Å². The molecule has 0 bridgehead atoms. The molecule has 118 valence electrons. The highest BCUT2D eigenvalue weighted by Gasteiger charge is 2.25. The van der Waals surface area contributed by atoms with E-state index < -0.39 is 0 Å². The maximum atomic E-state index is 13.1. The maximum absolute atomic E-state index is 13.1. The van der Waals surface area contributed by atoms with Crippen molar-refractivity contribution in [2.45, 2.75) is 25.9 Å². The van der Waals surface area contributed by atoms with Gasteiger partial charge in [0.1, 0.15) is 5.82 Å². The Morgan fingerprint density at radius 2 is 2.00 bits per heavy atom. The zero-order valence-electron chi connectivity index (χ0n) is 12.6. The van der Waals surface area contributed by atoms with E-state index in [4.69, 9.17) is 0 Å². The van der Waals surface area contributed by atoms with E-state index in [0.717, 1.165) is 50.9 Å². The number of nitrogens with one attached hydrogen (secondary N) is 1. The van der Waals surface area contributed by atoms with E-state index in [1.54, 1.807) is 12.1 Å². The summed E-state index contributed by atoms with van der Waals surface area (Å²) < 4.78 is 13.1. The number of hydrogen-bond acceptors (Lipinski definition) is 3. The monoisotopic (exact) mass is 313 g/mol. The first-order valence-corrected chi connectivity index (χ1v) is 7.64. The molecule has 21 heavy (non-hydrogen) atoms. The number of hydrogen-bond donors (Lipinski definition) is 1. The second kappa shape index (κ2) is 7.54. The van der Waals surface area contributed by atoms with Gasteiger partial charge in [0.25, 0.3) is 0 Å². The highest BCUT2D eigenvalue weighted by molar-refractivity contribution is 5.85. The maximum Gasteiger partial charge on any atom is 0.123 e. The van der Waals surface area contributed by atoms with Crippen molar-refractivity contribution in [3.8, 4) is 0 Å². The van der Waals surface area contributed by atoms with Crippen LogP contribution in [0.15, 0.2) is 18.2 Å². The standard InChI is InChI=1S/C16H24FN3.ClH/c1-13-10-15(17)3-2-14(13)12-19-6-8-20(9-7-19)16-4-5-18-11-16;/h2-3,10,16,18H,4-9,11-12H2,1H3;1H. The van der Waals surface area contributed by atoms with Crippen LogP contribution in [0.5, 0.6) is 0 Å². The predicted molar refractivity (Wildman–Crippen MR) is 86.5 cm³/mol. The van der Waals surface area contributed by atoms with Gasteiger partial charge in [-0.2, -0.15) is 0 Å². The van der Waals surface area contributed by atoms with Gasteiger partial charge in [-0.15, -0.1) is 12.4 Å². The minimum Gasteiger partial charge on any atom is -0.315 e. The third-order valence-electron chi connectivity index (χ3n) is 4.66. The average molecular weight is 314 g/mol.